The summed E-state index contributed by atoms with van der Waals surface area (Å²) in [6.45, 7) is 2.08. The maximum absolute atomic E-state index is 5.75. The van der Waals surface area contributed by atoms with Crippen LogP contribution in [-0.4, -0.2) is 11.6 Å². The van der Waals surface area contributed by atoms with E-state index < -0.39 is 0 Å². The monoisotopic (exact) mass is 156 g/mol. The minimum Gasteiger partial charge on any atom is -0.328 e. The van der Waals surface area contributed by atoms with Crippen molar-refractivity contribution in [3.8, 4) is 0 Å². The van der Waals surface area contributed by atoms with Gasteiger partial charge >= 0.3 is 0 Å². The van der Waals surface area contributed by atoms with Gasteiger partial charge in [-0.05, 0) is 32.6 Å². The molecule has 4 N–H and O–H groups in total. The Bertz CT molecular complexity index is 147. The largest absolute Gasteiger partial charge is 0.328 e. The van der Waals surface area contributed by atoms with Gasteiger partial charge in [-0.2, -0.15) is 5.11 Å². The van der Waals surface area contributed by atoms with Crippen molar-refractivity contribution in [1.82, 2.24) is 0 Å². The topological polar surface area (TPSA) is 76.8 Å². The van der Waals surface area contributed by atoms with Gasteiger partial charge in [0.1, 0.15) is 0 Å². The molecule has 0 aromatic heterocycles. The molecule has 64 valence electrons. The van der Waals surface area contributed by atoms with Gasteiger partial charge in [-0.3, -0.25) is 0 Å². The van der Waals surface area contributed by atoms with Crippen molar-refractivity contribution in [2.24, 2.45) is 21.9 Å². The Labute approximate surface area is 67.0 Å². The van der Waals surface area contributed by atoms with Gasteiger partial charge in [0.25, 0.3) is 0 Å². The lowest BCUT2D eigenvalue weighted by Gasteiger charge is -2.31. The molecular weight excluding hydrogens is 140 g/mol. The highest BCUT2D eigenvalue weighted by Crippen LogP contribution is 2.30. The van der Waals surface area contributed by atoms with Crippen LogP contribution in [0.15, 0.2) is 10.3 Å². The van der Waals surface area contributed by atoms with Crippen LogP contribution in [0.1, 0.15) is 32.6 Å². The van der Waals surface area contributed by atoms with Crippen LogP contribution in [0.4, 0.5) is 0 Å². The SMILES string of the molecule is CC1(N=NN)CCC(N)CC1. The molecule has 0 amide bonds. The zero-order valence-electron chi connectivity index (χ0n) is 6.95. The lowest BCUT2D eigenvalue weighted by molar-refractivity contribution is 0.286. The van der Waals surface area contributed by atoms with E-state index in [4.69, 9.17) is 11.6 Å². The quantitative estimate of drug-likeness (QED) is 0.337. The molecule has 1 aliphatic carbocycles. The molecule has 1 aliphatic rings. The van der Waals surface area contributed by atoms with Crippen LogP contribution in [0.2, 0.25) is 0 Å². The molecule has 0 heterocycles. The molecule has 0 unspecified atom stereocenters. The second-order valence-electron chi connectivity index (χ2n) is 3.55. The van der Waals surface area contributed by atoms with E-state index in [0.29, 0.717) is 6.04 Å². The van der Waals surface area contributed by atoms with E-state index >= 15 is 0 Å². The minimum absolute atomic E-state index is 0.0371. The van der Waals surface area contributed by atoms with Crippen LogP contribution < -0.4 is 11.6 Å². The summed E-state index contributed by atoms with van der Waals surface area (Å²) >= 11 is 0. The predicted octanol–water partition coefficient (Wildman–Crippen LogP) is 0.972. The number of nitrogens with zero attached hydrogens (tertiary/aromatic N) is 2. The lowest BCUT2D eigenvalue weighted by atomic mass is 9.82. The van der Waals surface area contributed by atoms with Crippen LogP contribution in [0, 0.1) is 0 Å². The van der Waals surface area contributed by atoms with Gasteiger partial charge in [0.05, 0.1) is 5.54 Å². The van der Waals surface area contributed by atoms with Crippen molar-refractivity contribution in [1.29, 1.82) is 0 Å². The molecule has 0 saturated heterocycles. The maximum Gasteiger partial charge on any atom is 0.0810 e. The third kappa shape index (κ3) is 2.15. The molecule has 4 heteroatoms. The zero-order valence-corrected chi connectivity index (χ0v) is 6.95. The molecular formula is C7H16N4. The molecule has 0 aliphatic heterocycles. The Morgan fingerprint density at radius 3 is 2.36 bits per heavy atom. The van der Waals surface area contributed by atoms with Gasteiger partial charge in [-0.15, -0.1) is 0 Å². The summed E-state index contributed by atoms with van der Waals surface area (Å²) < 4.78 is 0. The average Bonchev–Trinajstić information content (AvgIpc) is 1.97. The standard InChI is InChI=1S/C7H16N4/c1-7(10-11-9)4-2-6(8)3-5-7/h6H,2-5,8H2,1H3,(H2,9,10). The number of hydrogen-bond donors (Lipinski definition) is 2. The van der Waals surface area contributed by atoms with Crippen molar-refractivity contribution in [2.75, 3.05) is 0 Å². The van der Waals surface area contributed by atoms with E-state index in [9.17, 15) is 0 Å². The third-order valence-electron chi connectivity index (χ3n) is 2.41. The van der Waals surface area contributed by atoms with Gasteiger partial charge in [0, 0.05) is 6.04 Å². The average molecular weight is 156 g/mol. The molecule has 0 aromatic carbocycles. The van der Waals surface area contributed by atoms with Gasteiger partial charge in [0.15, 0.2) is 0 Å². The summed E-state index contributed by atoms with van der Waals surface area (Å²) in [5.74, 6) is 5.01. The Morgan fingerprint density at radius 1 is 1.36 bits per heavy atom. The highest BCUT2D eigenvalue weighted by Gasteiger charge is 2.29. The summed E-state index contributed by atoms with van der Waals surface area (Å²) in [4.78, 5) is 0. The van der Waals surface area contributed by atoms with Gasteiger partial charge < -0.3 is 11.6 Å². The molecule has 0 bridgehead atoms. The smallest absolute Gasteiger partial charge is 0.0810 e. The number of nitrogens with two attached hydrogens (primary N) is 2. The second-order valence-corrected chi connectivity index (χ2v) is 3.55. The summed E-state index contributed by atoms with van der Waals surface area (Å²) in [7, 11) is 0. The first-order valence-corrected chi connectivity index (χ1v) is 4.04. The zero-order chi connectivity index (χ0) is 8.32. The normalized spacial score (nSPS) is 39.6. The van der Waals surface area contributed by atoms with Crippen LogP contribution in [-0.2, 0) is 0 Å². The van der Waals surface area contributed by atoms with Crippen LogP contribution in [0.3, 0.4) is 0 Å². The van der Waals surface area contributed by atoms with Crippen LogP contribution >= 0.6 is 0 Å². The van der Waals surface area contributed by atoms with Crippen LogP contribution in [0.5, 0.6) is 0 Å². The van der Waals surface area contributed by atoms with Crippen LogP contribution in [0.25, 0.3) is 0 Å². The van der Waals surface area contributed by atoms with E-state index in [-0.39, 0.29) is 5.54 Å². The van der Waals surface area contributed by atoms with E-state index in [0.717, 1.165) is 25.7 Å². The maximum atomic E-state index is 5.75. The van der Waals surface area contributed by atoms with E-state index in [1.165, 1.54) is 0 Å². The number of hydrogen-bond acceptors (Lipinski definition) is 3. The minimum atomic E-state index is -0.0371. The van der Waals surface area contributed by atoms with E-state index in [2.05, 4.69) is 17.3 Å². The molecule has 11 heavy (non-hydrogen) atoms. The van der Waals surface area contributed by atoms with Gasteiger partial charge in [-0.1, -0.05) is 5.22 Å². The summed E-state index contributed by atoms with van der Waals surface area (Å²) in [5, 5.41) is 7.34. The molecule has 1 saturated carbocycles. The number of rotatable bonds is 1. The van der Waals surface area contributed by atoms with Crippen molar-refractivity contribution < 1.29 is 0 Å². The summed E-state index contributed by atoms with van der Waals surface area (Å²) in [6, 6.07) is 0.357. The van der Waals surface area contributed by atoms with Gasteiger partial charge in [-0.25, -0.2) is 0 Å². The summed E-state index contributed by atoms with van der Waals surface area (Å²) in [5.41, 5.74) is 5.71. The van der Waals surface area contributed by atoms with Crippen molar-refractivity contribution >= 4 is 0 Å². The fourth-order valence-corrected chi connectivity index (χ4v) is 1.50. The summed E-state index contributed by atoms with van der Waals surface area (Å²) in [6.07, 6.45) is 4.09. The fourth-order valence-electron chi connectivity index (χ4n) is 1.50. The molecule has 4 nitrogen and oxygen atoms in total. The Morgan fingerprint density at radius 2 is 1.91 bits per heavy atom. The van der Waals surface area contributed by atoms with Gasteiger partial charge in [0.2, 0.25) is 0 Å². The highest BCUT2D eigenvalue weighted by atomic mass is 15.3. The van der Waals surface area contributed by atoms with E-state index in [1.807, 2.05) is 0 Å². The predicted molar refractivity (Wildman–Crippen MR) is 43.9 cm³/mol. The van der Waals surface area contributed by atoms with Crippen molar-refractivity contribution in [3.05, 3.63) is 0 Å². The second kappa shape index (κ2) is 3.17. The fraction of sp³-hybridized carbons (Fsp3) is 1.00. The Kier molecular flexibility index (Phi) is 2.44. The third-order valence-corrected chi connectivity index (χ3v) is 2.41. The molecule has 1 rings (SSSR count). The van der Waals surface area contributed by atoms with Crippen molar-refractivity contribution in [3.63, 3.8) is 0 Å². The first kappa shape index (κ1) is 8.46. The molecule has 0 aromatic rings. The highest BCUT2D eigenvalue weighted by molar-refractivity contribution is 4.88. The molecule has 0 spiro atoms. The van der Waals surface area contributed by atoms with Crippen molar-refractivity contribution in [2.45, 2.75) is 44.2 Å². The Hall–Kier alpha value is -0.640. The first-order valence-electron chi connectivity index (χ1n) is 4.04. The first-order chi connectivity index (χ1) is 5.16. The molecule has 0 atom stereocenters. The Balaban J connectivity index is 2.48. The van der Waals surface area contributed by atoms with E-state index in [1.54, 1.807) is 0 Å². The molecule has 0 radical (unpaired) electrons. The lowest BCUT2D eigenvalue weighted by Crippen LogP contribution is -2.35. The molecule has 1 fully saturated rings.